The Hall–Kier alpha value is -2.61. The van der Waals surface area contributed by atoms with Crippen molar-refractivity contribution in [2.45, 2.75) is 44.3 Å². The Morgan fingerprint density at radius 2 is 2.06 bits per heavy atom. The van der Waals surface area contributed by atoms with E-state index in [0.717, 1.165) is 25.0 Å². The number of halogens is 4. The zero-order valence-electron chi connectivity index (χ0n) is 19.0. The molecule has 0 aromatic heterocycles. The first kappa shape index (κ1) is 25.5. The van der Waals surface area contributed by atoms with Crippen molar-refractivity contribution in [3.8, 4) is 5.75 Å². The van der Waals surface area contributed by atoms with Crippen LogP contribution in [-0.2, 0) is 17.5 Å². The van der Waals surface area contributed by atoms with Gasteiger partial charge in [0.15, 0.2) is 0 Å². The number of alkyl halides is 3. The maximum absolute atomic E-state index is 14.3. The largest absolute Gasteiger partial charge is 0.573 e. The van der Waals surface area contributed by atoms with Crippen LogP contribution in [0.25, 0.3) is 0 Å². The highest BCUT2D eigenvalue weighted by atomic mass is 32.2. The van der Waals surface area contributed by atoms with Crippen molar-refractivity contribution in [1.82, 2.24) is 25.2 Å². The fourth-order valence-electron chi connectivity index (χ4n) is 4.81. The van der Waals surface area contributed by atoms with Crippen molar-refractivity contribution in [2.24, 2.45) is 5.41 Å². The second kappa shape index (κ2) is 9.80. The van der Waals surface area contributed by atoms with Gasteiger partial charge in [-0.05, 0) is 25.3 Å². The molecule has 1 aliphatic carbocycles. The molecule has 3 atom stereocenters. The average Bonchev–Trinajstić information content (AvgIpc) is 3.54. The van der Waals surface area contributed by atoms with Crippen molar-refractivity contribution in [3.05, 3.63) is 29.6 Å². The number of rotatable bonds is 5. The highest BCUT2D eigenvalue weighted by Gasteiger charge is 2.50. The van der Waals surface area contributed by atoms with Gasteiger partial charge in [0.05, 0.1) is 17.0 Å². The van der Waals surface area contributed by atoms with E-state index in [4.69, 9.17) is 0 Å². The second-order valence-corrected chi connectivity index (χ2v) is 10.5. The van der Waals surface area contributed by atoms with E-state index >= 15 is 0 Å². The van der Waals surface area contributed by atoms with Crippen molar-refractivity contribution in [1.29, 1.82) is 0 Å². The molecule has 3 N–H and O–H groups in total. The molecule has 2 saturated heterocycles. The first-order valence-corrected chi connectivity index (χ1v) is 12.5. The lowest BCUT2D eigenvalue weighted by atomic mass is 9.79. The fraction of sp³-hybridized carbons (Fsp3) is 0.619. The third kappa shape index (κ3) is 6.15. The number of amides is 4. The molecule has 1 aromatic carbocycles. The van der Waals surface area contributed by atoms with E-state index < -0.39 is 40.4 Å². The topological polar surface area (TPSA) is 103 Å². The number of benzene rings is 1. The minimum atomic E-state index is -4.94. The number of carbonyl (C=O) groups excluding carboxylic acids is 2. The van der Waals surface area contributed by atoms with E-state index in [9.17, 15) is 31.4 Å². The average molecular weight is 522 g/mol. The Morgan fingerprint density at radius 1 is 1.31 bits per heavy atom. The Labute approximate surface area is 202 Å². The van der Waals surface area contributed by atoms with Crippen LogP contribution in [0, 0.1) is 11.2 Å². The molecule has 2 heterocycles. The van der Waals surface area contributed by atoms with Crippen LogP contribution in [0.3, 0.4) is 0 Å². The van der Waals surface area contributed by atoms with E-state index in [0.29, 0.717) is 37.9 Å². The SMILES string of the molecule is CNC(=O)N1CC(N(C(=O)NCc2ccc(OC(F)(F)F)cc2F)C2CC2)CC2(CNS(=O)C2)C1. The van der Waals surface area contributed by atoms with Gasteiger partial charge >= 0.3 is 18.4 Å². The summed E-state index contributed by atoms with van der Waals surface area (Å²) in [5.74, 6) is -1.25. The van der Waals surface area contributed by atoms with E-state index in [1.165, 1.54) is 7.05 Å². The summed E-state index contributed by atoms with van der Waals surface area (Å²) in [5, 5.41) is 5.27. The number of nitrogens with one attached hydrogen (secondary N) is 3. The van der Waals surface area contributed by atoms with Crippen LogP contribution in [-0.4, -0.2) is 77.0 Å². The number of carbonyl (C=O) groups is 2. The van der Waals surface area contributed by atoms with Gasteiger partial charge in [0.2, 0.25) is 0 Å². The van der Waals surface area contributed by atoms with Gasteiger partial charge in [-0.1, -0.05) is 6.07 Å². The summed E-state index contributed by atoms with van der Waals surface area (Å²) in [6, 6.07) is 1.62. The molecule has 3 unspecified atom stereocenters. The van der Waals surface area contributed by atoms with Gasteiger partial charge in [-0.15, -0.1) is 13.2 Å². The normalized spacial score (nSPS) is 26.5. The fourth-order valence-corrected chi connectivity index (χ4v) is 6.25. The molecular weight excluding hydrogens is 494 g/mol. The quantitative estimate of drug-likeness (QED) is 0.517. The van der Waals surface area contributed by atoms with Crippen LogP contribution >= 0.6 is 0 Å². The lowest BCUT2D eigenvalue weighted by Gasteiger charge is -2.47. The highest BCUT2D eigenvalue weighted by molar-refractivity contribution is 7.83. The van der Waals surface area contributed by atoms with Crippen LogP contribution in [0.4, 0.5) is 27.2 Å². The summed E-state index contributed by atoms with van der Waals surface area (Å²) in [4.78, 5) is 29.0. The molecule has 3 fully saturated rings. The summed E-state index contributed by atoms with van der Waals surface area (Å²) in [7, 11) is 0.309. The van der Waals surface area contributed by atoms with Crippen molar-refractivity contribution in [2.75, 3.05) is 32.4 Å². The van der Waals surface area contributed by atoms with E-state index in [-0.39, 0.29) is 30.2 Å². The minimum Gasteiger partial charge on any atom is -0.406 e. The molecule has 14 heteroatoms. The molecule has 4 amide bonds. The van der Waals surface area contributed by atoms with E-state index in [2.05, 4.69) is 20.1 Å². The standard InChI is InChI=1S/C21H27F4N5O4S/c1-26-18(31)29-9-15(7-20(11-29)10-28-35(33)12-20)30(14-3-4-14)19(32)27-8-13-2-5-16(6-17(13)22)34-21(23,24)25/h2,5-6,14-15,28H,3-4,7-12H2,1H3,(H,26,31)(H,27,32). The Morgan fingerprint density at radius 3 is 2.63 bits per heavy atom. The third-order valence-electron chi connectivity index (χ3n) is 6.43. The first-order chi connectivity index (χ1) is 16.5. The lowest BCUT2D eigenvalue weighted by molar-refractivity contribution is -0.274. The summed E-state index contributed by atoms with van der Waals surface area (Å²) in [6.07, 6.45) is -2.80. The third-order valence-corrected chi connectivity index (χ3v) is 7.77. The predicted octanol–water partition coefficient (Wildman–Crippen LogP) is 2.07. The zero-order valence-corrected chi connectivity index (χ0v) is 19.8. The summed E-state index contributed by atoms with van der Waals surface area (Å²) in [6.45, 7) is 0.944. The van der Waals surface area contributed by atoms with Gasteiger partial charge in [0.25, 0.3) is 0 Å². The monoisotopic (exact) mass is 521 g/mol. The number of hydrogen-bond donors (Lipinski definition) is 3. The lowest BCUT2D eigenvalue weighted by Crippen LogP contribution is -2.61. The predicted molar refractivity (Wildman–Crippen MR) is 118 cm³/mol. The van der Waals surface area contributed by atoms with Crippen molar-refractivity contribution in [3.63, 3.8) is 0 Å². The smallest absolute Gasteiger partial charge is 0.406 e. The summed E-state index contributed by atoms with van der Waals surface area (Å²) < 4.78 is 70.1. The zero-order chi connectivity index (χ0) is 25.4. The maximum Gasteiger partial charge on any atom is 0.573 e. The van der Waals surface area contributed by atoms with Crippen molar-refractivity contribution >= 4 is 23.0 Å². The number of urea groups is 2. The molecular formula is C21H27F4N5O4S. The minimum absolute atomic E-state index is 0.00566. The summed E-state index contributed by atoms with van der Waals surface area (Å²) >= 11 is 0. The highest BCUT2D eigenvalue weighted by Crippen LogP contribution is 2.39. The number of likely N-dealkylation sites (tertiary alicyclic amines) is 1. The Balaban J connectivity index is 1.46. The second-order valence-electron chi connectivity index (χ2n) is 9.20. The molecule has 1 aromatic rings. The van der Waals surface area contributed by atoms with Crippen LogP contribution in [0.5, 0.6) is 5.75 Å². The molecule has 35 heavy (non-hydrogen) atoms. The molecule has 0 bridgehead atoms. The Kier molecular flexibility index (Phi) is 7.13. The molecule has 3 aliphatic rings. The molecule has 9 nitrogen and oxygen atoms in total. The van der Waals surface area contributed by atoms with Gasteiger partial charge < -0.3 is 25.2 Å². The van der Waals surface area contributed by atoms with Crippen LogP contribution in [0.2, 0.25) is 0 Å². The first-order valence-electron chi connectivity index (χ1n) is 11.2. The van der Waals surface area contributed by atoms with Crippen LogP contribution in [0.1, 0.15) is 24.8 Å². The van der Waals surface area contributed by atoms with Gasteiger partial charge in [0.1, 0.15) is 11.6 Å². The van der Waals surface area contributed by atoms with E-state index in [1.54, 1.807) is 9.80 Å². The number of ether oxygens (including phenoxy) is 1. The molecule has 0 radical (unpaired) electrons. The van der Waals surface area contributed by atoms with Crippen LogP contribution in [0.15, 0.2) is 18.2 Å². The number of nitrogens with zero attached hydrogens (tertiary/aromatic N) is 2. The van der Waals surface area contributed by atoms with Crippen LogP contribution < -0.4 is 20.1 Å². The maximum atomic E-state index is 14.3. The molecule has 1 saturated carbocycles. The number of hydrogen-bond acceptors (Lipinski definition) is 4. The van der Waals surface area contributed by atoms with Gasteiger partial charge in [-0.2, -0.15) is 0 Å². The van der Waals surface area contributed by atoms with Gasteiger partial charge in [0, 0.05) is 62.1 Å². The van der Waals surface area contributed by atoms with Gasteiger partial charge in [-0.3, -0.25) is 0 Å². The molecule has 194 valence electrons. The molecule has 1 spiro atoms. The van der Waals surface area contributed by atoms with E-state index in [1.807, 2.05) is 0 Å². The van der Waals surface area contributed by atoms with Gasteiger partial charge in [-0.25, -0.2) is 22.9 Å². The summed E-state index contributed by atoms with van der Waals surface area (Å²) in [5.41, 5.74) is -0.431. The molecule has 4 rings (SSSR count). The molecule has 2 aliphatic heterocycles. The Bertz CT molecular complexity index is 1010. The number of piperidine rings is 1. The van der Waals surface area contributed by atoms with Crippen molar-refractivity contribution < 1.29 is 36.1 Å².